The molecule has 1 aromatic carbocycles. The first-order valence-electron chi connectivity index (χ1n) is 7.43. The Labute approximate surface area is 133 Å². The zero-order chi connectivity index (χ0) is 16.5. The van der Waals surface area contributed by atoms with Crippen LogP contribution in [0.1, 0.15) is 31.9 Å². The van der Waals surface area contributed by atoms with E-state index in [0.717, 1.165) is 11.1 Å². The maximum Gasteiger partial charge on any atom is 0.238 e. The van der Waals surface area contributed by atoms with Gasteiger partial charge in [0.2, 0.25) is 15.9 Å². The van der Waals surface area contributed by atoms with Crippen LogP contribution in [-0.4, -0.2) is 48.7 Å². The van der Waals surface area contributed by atoms with Crippen LogP contribution in [-0.2, 0) is 20.6 Å². The number of aryl methyl sites for hydroxylation is 1. The molecular weight excluding hydrogens is 300 g/mol. The lowest BCUT2D eigenvalue weighted by Crippen LogP contribution is -2.58. The number of rotatable bonds is 3. The van der Waals surface area contributed by atoms with Gasteiger partial charge >= 0.3 is 0 Å². The van der Waals surface area contributed by atoms with E-state index in [4.69, 9.17) is 0 Å². The Morgan fingerprint density at radius 3 is 2.18 bits per heavy atom. The van der Waals surface area contributed by atoms with Crippen LogP contribution in [0.5, 0.6) is 0 Å². The lowest BCUT2D eigenvalue weighted by atomic mass is 10.1. The monoisotopic (exact) mass is 324 g/mol. The molecule has 1 aromatic rings. The minimum Gasteiger partial charge on any atom is -0.335 e. The summed E-state index contributed by atoms with van der Waals surface area (Å²) in [5.41, 5.74) is 1.57. The van der Waals surface area contributed by atoms with Crippen molar-refractivity contribution >= 4 is 15.9 Å². The fraction of sp³-hybridized carbons (Fsp3) is 0.562. The molecule has 0 radical (unpaired) electrons. The number of carbonyl (C=O) groups is 1. The van der Waals surface area contributed by atoms with Crippen molar-refractivity contribution in [2.75, 3.05) is 19.6 Å². The zero-order valence-electron chi connectivity index (χ0n) is 13.7. The molecule has 0 unspecified atom stereocenters. The van der Waals surface area contributed by atoms with E-state index in [1.165, 1.54) is 4.31 Å². The van der Waals surface area contributed by atoms with E-state index < -0.39 is 10.0 Å². The van der Waals surface area contributed by atoms with Crippen LogP contribution in [0.2, 0.25) is 0 Å². The van der Waals surface area contributed by atoms with E-state index in [0.29, 0.717) is 13.1 Å². The van der Waals surface area contributed by atoms with Crippen LogP contribution >= 0.6 is 0 Å². The first-order valence-corrected chi connectivity index (χ1v) is 9.04. The summed E-state index contributed by atoms with van der Waals surface area (Å²) >= 11 is 0. The summed E-state index contributed by atoms with van der Waals surface area (Å²) < 4.78 is 26.3. The van der Waals surface area contributed by atoms with Crippen molar-refractivity contribution in [3.05, 3.63) is 35.4 Å². The highest BCUT2D eigenvalue weighted by atomic mass is 32.2. The molecule has 0 bridgehead atoms. The Morgan fingerprint density at radius 1 is 1.09 bits per heavy atom. The third-order valence-electron chi connectivity index (χ3n) is 3.86. The van der Waals surface area contributed by atoms with E-state index in [-0.39, 0.29) is 23.7 Å². The van der Waals surface area contributed by atoms with Gasteiger partial charge in [0, 0.05) is 18.6 Å². The quantitative estimate of drug-likeness (QED) is 0.851. The van der Waals surface area contributed by atoms with Crippen LogP contribution in [0.3, 0.4) is 0 Å². The van der Waals surface area contributed by atoms with Gasteiger partial charge in [0.15, 0.2) is 0 Å². The molecule has 1 amide bonds. The van der Waals surface area contributed by atoms with Gasteiger partial charge in [-0.15, -0.1) is 0 Å². The van der Waals surface area contributed by atoms with E-state index in [9.17, 15) is 13.2 Å². The zero-order valence-corrected chi connectivity index (χ0v) is 14.5. The maximum absolute atomic E-state index is 12.5. The molecule has 6 heteroatoms. The highest BCUT2D eigenvalue weighted by Gasteiger charge is 2.36. The fourth-order valence-electron chi connectivity index (χ4n) is 2.58. The molecular formula is C16H24N2O3S. The van der Waals surface area contributed by atoms with Gasteiger partial charge in [0.25, 0.3) is 0 Å². The van der Waals surface area contributed by atoms with Crippen LogP contribution in [0.15, 0.2) is 24.3 Å². The second-order valence-electron chi connectivity index (χ2n) is 6.79. The minimum absolute atomic E-state index is 0.0594. The summed E-state index contributed by atoms with van der Waals surface area (Å²) in [6.45, 7) is 8.57. The second-order valence-corrected chi connectivity index (χ2v) is 8.76. The third kappa shape index (κ3) is 3.87. The Bertz CT molecular complexity index is 645. The van der Waals surface area contributed by atoms with E-state index in [1.54, 1.807) is 4.90 Å². The van der Waals surface area contributed by atoms with Gasteiger partial charge in [0.05, 0.1) is 12.3 Å². The lowest BCUT2D eigenvalue weighted by molar-refractivity contribution is -0.139. The molecule has 5 nitrogen and oxygen atoms in total. The third-order valence-corrected chi connectivity index (χ3v) is 5.66. The average molecular weight is 324 g/mol. The molecule has 122 valence electrons. The van der Waals surface area contributed by atoms with Crippen LogP contribution in [0.25, 0.3) is 0 Å². The Morgan fingerprint density at radius 2 is 1.68 bits per heavy atom. The number of hydrogen-bond acceptors (Lipinski definition) is 3. The number of amides is 1. The van der Waals surface area contributed by atoms with Gasteiger partial charge in [-0.2, -0.15) is 4.31 Å². The Balaban J connectivity index is 2.08. The molecule has 0 atom stereocenters. The molecule has 22 heavy (non-hydrogen) atoms. The number of hydrogen-bond donors (Lipinski definition) is 0. The molecule has 2 rings (SSSR count). The number of sulfonamides is 1. The van der Waals surface area contributed by atoms with Gasteiger partial charge in [0.1, 0.15) is 0 Å². The minimum atomic E-state index is -3.47. The van der Waals surface area contributed by atoms with E-state index in [1.807, 2.05) is 52.0 Å². The van der Waals surface area contributed by atoms with Crippen molar-refractivity contribution in [2.45, 2.75) is 39.0 Å². The van der Waals surface area contributed by atoms with Gasteiger partial charge in [-0.05, 0) is 33.3 Å². The normalized spacial score (nSPS) is 17.8. The first kappa shape index (κ1) is 17.0. The summed E-state index contributed by atoms with van der Waals surface area (Å²) in [5.74, 6) is -0.193. The lowest BCUT2D eigenvalue weighted by Gasteiger charge is -2.41. The highest BCUT2D eigenvalue weighted by Crippen LogP contribution is 2.20. The second kappa shape index (κ2) is 6.01. The molecule has 1 fully saturated rings. The molecule has 0 saturated carbocycles. The van der Waals surface area contributed by atoms with Crippen LogP contribution < -0.4 is 0 Å². The molecule has 0 N–H and O–H groups in total. The summed E-state index contributed by atoms with van der Waals surface area (Å²) in [6, 6.07) is 7.43. The smallest absolute Gasteiger partial charge is 0.238 e. The van der Waals surface area contributed by atoms with Gasteiger partial charge < -0.3 is 4.90 Å². The van der Waals surface area contributed by atoms with Crippen molar-refractivity contribution in [1.82, 2.24) is 9.21 Å². The number of nitrogens with zero attached hydrogens (tertiary/aromatic N) is 2. The first-order chi connectivity index (χ1) is 10.1. The van der Waals surface area contributed by atoms with Crippen molar-refractivity contribution in [1.29, 1.82) is 0 Å². The topological polar surface area (TPSA) is 57.7 Å². The number of carbonyl (C=O) groups excluding carboxylic acids is 1. The van der Waals surface area contributed by atoms with Gasteiger partial charge in [-0.1, -0.05) is 29.8 Å². The van der Waals surface area contributed by atoms with E-state index >= 15 is 0 Å². The summed E-state index contributed by atoms with van der Waals surface area (Å²) in [5, 5.41) is 0. The predicted octanol–water partition coefficient (Wildman–Crippen LogP) is 1.77. The molecule has 1 heterocycles. The maximum atomic E-state index is 12.5. The Kier molecular flexibility index (Phi) is 4.63. The van der Waals surface area contributed by atoms with Crippen molar-refractivity contribution in [3.63, 3.8) is 0 Å². The summed E-state index contributed by atoms with van der Waals surface area (Å²) in [7, 11) is -3.47. The van der Waals surface area contributed by atoms with Gasteiger partial charge in [-0.3, -0.25) is 4.79 Å². The summed E-state index contributed by atoms with van der Waals surface area (Å²) in [4.78, 5) is 14.0. The SMILES string of the molecule is Cc1ccc(CS(=O)(=O)N2CCN(C(C)(C)C)C(=O)C2)cc1. The summed E-state index contributed by atoms with van der Waals surface area (Å²) in [6.07, 6.45) is 0. The van der Waals surface area contributed by atoms with Gasteiger partial charge in [-0.25, -0.2) is 8.42 Å². The van der Waals surface area contributed by atoms with Crippen LogP contribution in [0.4, 0.5) is 0 Å². The molecule has 1 saturated heterocycles. The van der Waals surface area contributed by atoms with Crippen molar-refractivity contribution < 1.29 is 13.2 Å². The Hall–Kier alpha value is -1.40. The number of benzene rings is 1. The van der Waals surface area contributed by atoms with Crippen molar-refractivity contribution in [2.24, 2.45) is 0 Å². The van der Waals surface area contributed by atoms with E-state index in [2.05, 4.69) is 0 Å². The average Bonchev–Trinajstić information content (AvgIpc) is 2.39. The number of piperazine rings is 1. The molecule has 1 aliphatic rings. The van der Waals surface area contributed by atoms with Crippen molar-refractivity contribution in [3.8, 4) is 0 Å². The fourth-order valence-corrected chi connectivity index (χ4v) is 4.05. The molecule has 0 aliphatic carbocycles. The largest absolute Gasteiger partial charge is 0.335 e. The standard InChI is InChI=1S/C16H24N2O3S/c1-13-5-7-14(8-6-13)12-22(20,21)17-9-10-18(15(19)11-17)16(2,3)4/h5-8H,9-12H2,1-4H3. The molecule has 0 spiro atoms. The highest BCUT2D eigenvalue weighted by molar-refractivity contribution is 7.88. The predicted molar refractivity (Wildman–Crippen MR) is 86.8 cm³/mol. The molecule has 1 aliphatic heterocycles. The molecule has 0 aromatic heterocycles. The van der Waals surface area contributed by atoms with Crippen LogP contribution in [0, 0.1) is 6.92 Å².